The Morgan fingerprint density at radius 1 is 1.67 bits per heavy atom. The van der Waals surface area contributed by atoms with Crippen molar-refractivity contribution in [1.82, 2.24) is 10.2 Å². The van der Waals surface area contributed by atoms with Crippen molar-refractivity contribution in [3.8, 4) is 0 Å². The van der Waals surface area contributed by atoms with E-state index in [4.69, 9.17) is 4.74 Å². The second-order valence-corrected chi connectivity index (χ2v) is 4.52. The van der Waals surface area contributed by atoms with Crippen molar-refractivity contribution in [2.45, 2.75) is 25.6 Å². The molecule has 1 amide bonds. The maximum atomic E-state index is 11.4. The molecular weight excluding hydrogens is 196 g/mol. The summed E-state index contributed by atoms with van der Waals surface area (Å²) in [7, 11) is 2.02. The fourth-order valence-electron chi connectivity index (χ4n) is 1.41. The standard InChI is InChI=1S/C10H20N2O3/c1-10(2,14)9(13)11-6-8-7-12(3)4-5-15-8/h8,14H,4-7H2,1-3H3,(H,11,13). The normalized spacial score (nSPS) is 23.9. The molecule has 5 nitrogen and oxygen atoms in total. The van der Waals surface area contributed by atoms with Crippen LogP contribution in [0.15, 0.2) is 0 Å². The van der Waals surface area contributed by atoms with Gasteiger partial charge in [-0.25, -0.2) is 0 Å². The molecule has 0 aromatic rings. The van der Waals surface area contributed by atoms with E-state index >= 15 is 0 Å². The van der Waals surface area contributed by atoms with E-state index in [9.17, 15) is 9.90 Å². The highest BCUT2D eigenvalue weighted by Gasteiger charge is 2.25. The number of hydrogen-bond donors (Lipinski definition) is 2. The minimum atomic E-state index is -1.32. The minimum Gasteiger partial charge on any atom is -0.381 e. The van der Waals surface area contributed by atoms with Gasteiger partial charge in [0, 0.05) is 19.6 Å². The Balaban J connectivity index is 2.28. The van der Waals surface area contributed by atoms with Crippen LogP contribution >= 0.6 is 0 Å². The summed E-state index contributed by atoms with van der Waals surface area (Å²) in [5, 5.41) is 12.1. The smallest absolute Gasteiger partial charge is 0.251 e. The summed E-state index contributed by atoms with van der Waals surface area (Å²) in [6.45, 7) is 5.82. The predicted octanol–water partition coefficient (Wildman–Crippen LogP) is -0.796. The minimum absolute atomic E-state index is 0.0232. The molecule has 1 unspecified atom stereocenters. The molecule has 0 aromatic heterocycles. The Kier molecular flexibility index (Phi) is 4.07. The predicted molar refractivity (Wildman–Crippen MR) is 56.5 cm³/mol. The molecule has 0 bridgehead atoms. The molecule has 88 valence electrons. The summed E-state index contributed by atoms with van der Waals surface area (Å²) in [6, 6.07) is 0. The van der Waals surface area contributed by atoms with Crippen LogP contribution in [0.5, 0.6) is 0 Å². The fourth-order valence-corrected chi connectivity index (χ4v) is 1.41. The molecule has 1 fully saturated rings. The molecule has 0 aromatic carbocycles. The summed E-state index contributed by atoms with van der Waals surface area (Å²) in [5.74, 6) is -0.362. The molecule has 0 aliphatic carbocycles. The van der Waals surface area contributed by atoms with E-state index in [1.165, 1.54) is 13.8 Å². The number of nitrogens with zero attached hydrogens (tertiary/aromatic N) is 1. The average Bonchev–Trinajstić information content (AvgIpc) is 2.12. The largest absolute Gasteiger partial charge is 0.381 e. The van der Waals surface area contributed by atoms with Crippen molar-refractivity contribution >= 4 is 5.91 Å². The van der Waals surface area contributed by atoms with Crippen LogP contribution in [0.1, 0.15) is 13.8 Å². The van der Waals surface area contributed by atoms with Crippen LogP contribution in [0.4, 0.5) is 0 Å². The number of likely N-dealkylation sites (N-methyl/N-ethyl adjacent to an activating group) is 1. The first-order valence-electron chi connectivity index (χ1n) is 5.20. The van der Waals surface area contributed by atoms with E-state index < -0.39 is 5.60 Å². The van der Waals surface area contributed by atoms with Crippen molar-refractivity contribution in [3.05, 3.63) is 0 Å². The van der Waals surface area contributed by atoms with Crippen LogP contribution in [0.2, 0.25) is 0 Å². The molecule has 1 aliphatic rings. The summed E-state index contributed by atoms with van der Waals surface area (Å²) in [4.78, 5) is 13.5. The van der Waals surface area contributed by atoms with Crippen LogP contribution < -0.4 is 5.32 Å². The summed E-state index contributed by atoms with van der Waals surface area (Å²) in [5.41, 5.74) is -1.32. The molecule has 0 spiro atoms. The topological polar surface area (TPSA) is 61.8 Å². The third-order valence-corrected chi connectivity index (χ3v) is 2.39. The highest BCUT2D eigenvalue weighted by molar-refractivity contribution is 5.83. The van der Waals surface area contributed by atoms with Gasteiger partial charge in [-0.2, -0.15) is 0 Å². The number of carbonyl (C=O) groups excluding carboxylic acids is 1. The molecule has 0 radical (unpaired) electrons. The van der Waals surface area contributed by atoms with E-state index in [-0.39, 0.29) is 12.0 Å². The number of aliphatic hydroxyl groups is 1. The molecule has 1 heterocycles. The number of morpholine rings is 1. The number of nitrogens with one attached hydrogen (secondary N) is 1. The molecular formula is C10H20N2O3. The first-order valence-corrected chi connectivity index (χ1v) is 5.20. The maximum Gasteiger partial charge on any atom is 0.251 e. The Labute approximate surface area is 90.4 Å². The quantitative estimate of drug-likeness (QED) is 0.648. The van der Waals surface area contributed by atoms with Gasteiger partial charge in [0.05, 0.1) is 12.7 Å². The third-order valence-electron chi connectivity index (χ3n) is 2.39. The number of rotatable bonds is 3. The Bertz CT molecular complexity index is 225. The number of hydrogen-bond acceptors (Lipinski definition) is 4. The summed E-state index contributed by atoms with van der Waals surface area (Å²) < 4.78 is 5.47. The van der Waals surface area contributed by atoms with Crippen LogP contribution in [0.3, 0.4) is 0 Å². The van der Waals surface area contributed by atoms with Gasteiger partial charge in [0.15, 0.2) is 0 Å². The van der Waals surface area contributed by atoms with E-state index in [1.54, 1.807) is 0 Å². The van der Waals surface area contributed by atoms with Crippen molar-refractivity contribution in [2.24, 2.45) is 0 Å². The monoisotopic (exact) mass is 216 g/mol. The number of carbonyl (C=O) groups is 1. The molecule has 1 aliphatic heterocycles. The Morgan fingerprint density at radius 3 is 2.87 bits per heavy atom. The van der Waals surface area contributed by atoms with Gasteiger partial charge in [-0.1, -0.05) is 0 Å². The molecule has 5 heteroatoms. The molecule has 15 heavy (non-hydrogen) atoms. The average molecular weight is 216 g/mol. The second-order valence-electron chi connectivity index (χ2n) is 4.52. The van der Waals surface area contributed by atoms with E-state index in [2.05, 4.69) is 10.2 Å². The van der Waals surface area contributed by atoms with Gasteiger partial charge in [0.1, 0.15) is 5.60 Å². The first-order chi connectivity index (χ1) is 6.89. The van der Waals surface area contributed by atoms with E-state index in [1.807, 2.05) is 7.05 Å². The Hall–Kier alpha value is -0.650. The van der Waals surface area contributed by atoms with Crippen molar-refractivity contribution < 1.29 is 14.6 Å². The maximum absolute atomic E-state index is 11.4. The molecule has 0 saturated carbocycles. The van der Waals surface area contributed by atoms with Gasteiger partial charge < -0.3 is 20.1 Å². The van der Waals surface area contributed by atoms with Crippen LogP contribution in [-0.4, -0.2) is 60.9 Å². The SMILES string of the molecule is CN1CCOC(CNC(=O)C(C)(C)O)C1. The molecule has 1 atom stereocenters. The zero-order valence-electron chi connectivity index (χ0n) is 9.62. The van der Waals surface area contributed by atoms with Crippen LogP contribution in [0, 0.1) is 0 Å². The third kappa shape index (κ3) is 4.15. The van der Waals surface area contributed by atoms with Gasteiger partial charge in [0.2, 0.25) is 0 Å². The lowest BCUT2D eigenvalue weighted by Gasteiger charge is -2.30. The fraction of sp³-hybridized carbons (Fsp3) is 0.900. The second kappa shape index (κ2) is 4.92. The van der Waals surface area contributed by atoms with Gasteiger partial charge in [0.25, 0.3) is 5.91 Å². The van der Waals surface area contributed by atoms with Crippen LogP contribution in [0.25, 0.3) is 0 Å². The van der Waals surface area contributed by atoms with E-state index in [0.717, 1.165) is 13.1 Å². The first kappa shape index (κ1) is 12.4. The number of amides is 1. The molecule has 1 saturated heterocycles. The zero-order valence-corrected chi connectivity index (χ0v) is 9.62. The van der Waals surface area contributed by atoms with Crippen molar-refractivity contribution in [3.63, 3.8) is 0 Å². The highest BCUT2D eigenvalue weighted by atomic mass is 16.5. The molecule has 2 N–H and O–H groups in total. The molecule has 1 rings (SSSR count). The van der Waals surface area contributed by atoms with Gasteiger partial charge in [-0.3, -0.25) is 4.79 Å². The lowest BCUT2D eigenvalue weighted by atomic mass is 10.1. The highest BCUT2D eigenvalue weighted by Crippen LogP contribution is 2.03. The van der Waals surface area contributed by atoms with Crippen molar-refractivity contribution in [2.75, 3.05) is 33.3 Å². The van der Waals surface area contributed by atoms with Gasteiger partial charge >= 0.3 is 0 Å². The van der Waals surface area contributed by atoms with Gasteiger partial charge in [-0.05, 0) is 20.9 Å². The lowest BCUT2D eigenvalue weighted by Crippen LogP contribution is -2.49. The summed E-state index contributed by atoms with van der Waals surface area (Å²) in [6.07, 6.45) is 0.0232. The Morgan fingerprint density at radius 2 is 2.33 bits per heavy atom. The van der Waals surface area contributed by atoms with Gasteiger partial charge in [-0.15, -0.1) is 0 Å². The zero-order chi connectivity index (χ0) is 11.5. The van der Waals surface area contributed by atoms with Crippen molar-refractivity contribution in [1.29, 1.82) is 0 Å². The van der Waals surface area contributed by atoms with E-state index in [0.29, 0.717) is 13.2 Å². The number of ether oxygens (including phenoxy) is 1. The van der Waals surface area contributed by atoms with Crippen LogP contribution in [-0.2, 0) is 9.53 Å². The lowest BCUT2D eigenvalue weighted by molar-refractivity contribution is -0.137. The summed E-state index contributed by atoms with van der Waals surface area (Å²) >= 11 is 0.